The number of carbonyl (C=O) groups is 3. The smallest absolute Gasteiger partial charge is 0.305 e. The number of nitrogens with zero attached hydrogens (tertiary/aromatic N) is 2. The number of hydrazone groups is 1. The van der Waals surface area contributed by atoms with Gasteiger partial charge in [0, 0.05) is 22.3 Å². The molecule has 31 heavy (non-hydrogen) atoms. The van der Waals surface area contributed by atoms with Crippen LogP contribution in [0.15, 0.2) is 53.6 Å². The summed E-state index contributed by atoms with van der Waals surface area (Å²) in [6, 6.07) is 13.1. The van der Waals surface area contributed by atoms with Crippen LogP contribution in [0.3, 0.4) is 0 Å². The van der Waals surface area contributed by atoms with E-state index in [1.165, 1.54) is 5.01 Å². The highest BCUT2D eigenvalue weighted by atomic mass is 35.5. The molecule has 0 radical (unpaired) electrons. The lowest BCUT2D eigenvalue weighted by Crippen LogP contribution is -2.38. The number of hydrogen-bond acceptors (Lipinski definition) is 4. The van der Waals surface area contributed by atoms with Gasteiger partial charge in [-0.25, -0.2) is 5.01 Å². The molecule has 2 N–H and O–H groups in total. The summed E-state index contributed by atoms with van der Waals surface area (Å²) in [7, 11) is 0. The van der Waals surface area contributed by atoms with Crippen molar-refractivity contribution in [2.75, 3.05) is 5.01 Å². The van der Waals surface area contributed by atoms with Crippen molar-refractivity contribution in [3.8, 4) is 0 Å². The monoisotopic (exact) mass is 441 g/mol. The molecule has 2 aromatic rings. The molecule has 7 nitrogen and oxygen atoms in total. The summed E-state index contributed by atoms with van der Waals surface area (Å²) in [5, 5.41) is 18.2. The first-order valence-electron chi connectivity index (χ1n) is 10.1. The van der Waals surface area contributed by atoms with Crippen LogP contribution in [0.5, 0.6) is 0 Å². The van der Waals surface area contributed by atoms with E-state index in [4.69, 9.17) is 11.6 Å². The summed E-state index contributed by atoms with van der Waals surface area (Å²) >= 11 is 6.19. The summed E-state index contributed by atoms with van der Waals surface area (Å²) in [6.45, 7) is 2.02. The minimum Gasteiger partial charge on any atom is -0.481 e. The number of carbonyl (C=O) groups excluding carboxylic acids is 2. The summed E-state index contributed by atoms with van der Waals surface area (Å²) in [6.07, 6.45) is 1.97. The van der Waals surface area contributed by atoms with Crippen LogP contribution in [0.1, 0.15) is 48.5 Å². The molecule has 2 aromatic carbocycles. The Morgan fingerprint density at radius 1 is 1.23 bits per heavy atom. The molecule has 3 rings (SSSR count). The molecular formula is C23H24ClN3O4. The SMILES string of the molecule is CCCC1=NN(c2cccc(C(=O)N[C@@H](CC(=O)O)Cc3ccccc3Cl)c2)C(=O)C1. The molecule has 0 fully saturated rings. The maximum atomic E-state index is 12.9. The number of halogens is 1. The number of benzene rings is 2. The normalized spacial score (nSPS) is 14.3. The van der Waals surface area contributed by atoms with Crippen LogP contribution in [0, 0.1) is 0 Å². The maximum Gasteiger partial charge on any atom is 0.305 e. The van der Waals surface area contributed by atoms with Crippen molar-refractivity contribution in [2.24, 2.45) is 5.10 Å². The number of carboxylic acid groups (broad SMARTS) is 1. The van der Waals surface area contributed by atoms with Crippen molar-refractivity contribution in [1.82, 2.24) is 5.32 Å². The van der Waals surface area contributed by atoms with Gasteiger partial charge in [0.1, 0.15) is 0 Å². The van der Waals surface area contributed by atoms with Crippen LogP contribution in [-0.4, -0.2) is 34.6 Å². The summed E-state index contributed by atoms with van der Waals surface area (Å²) in [5.74, 6) is -1.58. The highest BCUT2D eigenvalue weighted by Crippen LogP contribution is 2.23. The Hall–Kier alpha value is -3.19. The third kappa shape index (κ3) is 5.92. The molecule has 0 aromatic heterocycles. The second kappa shape index (κ2) is 10.2. The predicted molar refractivity (Wildman–Crippen MR) is 120 cm³/mol. The molecule has 8 heteroatoms. The topological polar surface area (TPSA) is 99.1 Å². The van der Waals surface area contributed by atoms with Crippen LogP contribution in [0.25, 0.3) is 0 Å². The van der Waals surface area contributed by atoms with Crippen LogP contribution in [0.2, 0.25) is 5.02 Å². The second-order valence-electron chi connectivity index (χ2n) is 7.41. The number of nitrogens with one attached hydrogen (secondary N) is 1. The first-order valence-corrected chi connectivity index (χ1v) is 10.5. The molecule has 0 spiro atoms. The molecule has 162 valence electrons. The Balaban J connectivity index is 1.76. The summed E-state index contributed by atoms with van der Waals surface area (Å²) < 4.78 is 0. The van der Waals surface area contributed by atoms with Gasteiger partial charge in [0.2, 0.25) is 0 Å². The first kappa shape index (κ1) is 22.5. The highest BCUT2D eigenvalue weighted by Gasteiger charge is 2.25. The van der Waals surface area contributed by atoms with Crippen molar-refractivity contribution in [1.29, 1.82) is 0 Å². The quantitative estimate of drug-likeness (QED) is 0.613. The van der Waals surface area contributed by atoms with E-state index in [0.29, 0.717) is 16.3 Å². The molecule has 1 heterocycles. The number of aliphatic carboxylic acids is 1. The summed E-state index contributed by atoms with van der Waals surface area (Å²) in [4.78, 5) is 36.5. The molecule has 1 atom stereocenters. The maximum absolute atomic E-state index is 12.9. The lowest BCUT2D eigenvalue weighted by Gasteiger charge is -2.19. The average molecular weight is 442 g/mol. The molecule has 0 bridgehead atoms. The molecule has 0 unspecified atom stereocenters. The van der Waals surface area contributed by atoms with Crippen LogP contribution >= 0.6 is 11.6 Å². The number of carboxylic acids is 1. The molecule has 1 aliphatic rings. The molecule has 0 aliphatic carbocycles. The minimum atomic E-state index is -1.02. The Morgan fingerprint density at radius 2 is 2.00 bits per heavy atom. The van der Waals surface area contributed by atoms with Gasteiger partial charge in [-0.1, -0.05) is 49.2 Å². The van der Waals surface area contributed by atoms with E-state index in [0.717, 1.165) is 24.1 Å². The highest BCUT2D eigenvalue weighted by molar-refractivity contribution is 6.31. The van der Waals surface area contributed by atoms with E-state index in [1.807, 2.05) is 13.0 Å². The Labute approximate surface area is 185 Å². The van der Waals surface area contributed by atoms with E-state index in [9.17, 15) is 19.5 Å². The van der Waals surface area contributed by atoms with E-state index in [2.05, 4.69) is 10.4 Å². The Bertz CT molecular complexity index is 1020. The third-order valence-corrected chi connectivity index (χ3v) is 5.27. The average Bonchev–Trinajstić information content (AvgIpc) is 3.10. The molecule has 0 saturated heterocycles. The third-order valence-electron chi connectivity index (χ3n) is 4.90. The van der Waals surface area contributed by atoms with Gasteiger partial charge in [0.25, 0.3) is 11.8 Å². The van der Waals surface area contributed by atoms with Crippen molar-refractivity contribution < 1.29 is 19.5 Å². The van der Waals surface area contributed by atoms with Crippen LogP contribution in [-0.2, 0) is 16.0 Å². The van der Waals surface area contributed by atoms with E-state index >= 15 is 0 Å². The van der Waals surface area contributed by atoms with E-state index in [1.54, 1.807) is 42.5 Å². The van der Waals surface area contributed by atoms with Crippen molar-refractivity contribution in [2.45, 2.75) is 45.1 Å². The molecule has 2 amide bonds. The van der Waals surface area contributed by atoms with Gasteiger partial charge in [0.05, 0.1) is 18.5 Å². The van der Waals surface area contributed by atoms with Crippen molar-refractivity contribution >= 4 is 40.8 Å². The van der Waals surface area contributed by atoms with Crippen LogP contribution < -0.4 is 10.3 Å². The van der Waals surface area contributed by atoms with Crippen LogP contribution in [0.4, 0.5) is 5.69 Å². The molecule has 0 saturated carbocycles. The standard InChI is InChI=1S/C23H24ClN3O4/c1-2-6-17-13-21(28)27(26-17)19-9-5-8-16(12-19)23(31)25-18(14-22(29)30)11-15-7-3-4-10-20(15)24/h3-5,7-10,12,18H,2,6,11,13-14H2,1H3,(H,25,31)(H,29,30)/t18-/m1/s1. The predicted octanol–water partition coefficient (Wildman–Crippen LogP) is 4.05. The van der Waals surface area contributed by atoms with Gasteiger partial charge < -0.3 is 10.4 Å². The van der Waals surface area contributed by atoms with Crippen molar-refractivity contribution in [3.05, 3.63) is 64.7 Å². The van der Waals surface area contributed by atoms with Gasteiger partial charge in [-0.3, -0.25) is 14.4 Å². The zero-order chi connectivity index (χ0) is 22.4. The largest absolute Gasteiger partial charge is 0.481 e. The van der Waals surface area contributed by atoms with Gasteiger partial charge >= 0.3 is 5.97 Å². The fourth-order valence-corrected chi connectivity index (χ4v) is 3.69. The zero-order valence-electron chi connectivity index (χ0n) is 17.2. The zero-order valence-corrected chi connectivity index (χ0v) is 17.9. The van der Waals surface area contributed by atoms with Gasteiger partial charge in [-0.15, -0.1) is 0 Å². The van der Waals surface area contributed by atoms with Gasteiger partial charge in [-0.05, 0) is 42.7 Å². The fourth-order valence-electron chi connectivity index (χ4n) is 3.47. The second-order valence-corrected chi connectivity index (χ2v) is 7.82. The molecular weight excluding hydrogens is 418 g/mol. The lowest BCUT2D eigenvalue weighted by molar-refractivity contribution is -0.137. The Morgan fingerprint density at radius 3 is 2.71 bits per heavy atom. The van der Waals surface area contributed by atoms with E-state index < -0.39 is 17.9 Å². The van der Waals surface area contributed by atoms with Gasteiger partial charge in [-0.2, -0.15) is 5.10 Å². The number of rotatable bonds is 9. The minimum absolute atomic E-state index is 0.136. The number of amides is 2. The fraction of sp³-hybridized carbons (Fsp3) is 0.304. The number of anilines is 1. The van der Waals surface area contributed by atoms with E-state index in [-0.39, 0.29) is 25.2 Å². The van der Waals surface area contributed by atoms with Crippen molar-refractivity contribution in [3.63, 3.8) is 0 Å². The molecule has 1 aliphatic heterocycles. The number of hydrogen-bond donors (Lipinski definition) is 2. The van der Waals surface area contributed by atoms with Gasteiger partial charge in [0.15, 0.2) is 0 Å². The summed E-state index contributed by atoms with van der Waals surface area (Å²) in [5.41, 5.74) is 2.40. The lowest BCUT2D eigenvalue weighted by atomic mass is 10.0. The Kier molecular flexibility index (Phi) is 7.41. The first-order chi connectivity index (χ1) is 14.9.